The summed E-state index contributed by atoms with van der Waals surface area (Å²) < 4.78 is 49.5. The molecule has 0 amide bonds. The zero-order chi connectivity index (χ0) is 23.0. The van der Waals surface area contributed by atoms with Crippen molar-refractivity contribution in [3.8, 4) is 0 Å². The summed E-state index contributed by atoms with van der Waals surface area (Å²) in [5.41, 5.74) is -0.656. The summed E-state index contributed by atoms with van der Waals surface area (Å²) in [7, 11) is 1.31. The van der Waals surface area contributed by atoms with Gasteiger partial charge < -0.3 is 19.8 Å². The summed E-state index contributed by atoms with van der Waals surface area (Å²) in [5, 5.41) is 6.29. The van der Waals surface area contributed by atoms with E-state index in [9.17, 15) is 22.8 Å². The molecule has 2 aromatic heterocycles. The van der Waals surface area contributed by atoms with Gasteiger partial charge in [0.2, 0.25) is 0 Å². The molecule has 1 aliphatic carbocycles. The van der Waals surface area contributed by atoms with Crippen molar-refractivity contribution in [3.05, 3.63) is 56.3 Å². The van der Waals surface area contributed by atoms with Crippen molar-refractivity contribution in [3.63, 3.8) is 0 Å². The molecule has 0 atom stereocenters. The number of nitrogens with one attached hydrogen (secondary N) is 2. The molecular formula is C21H17F3N2O4S2. The molecule has 0 saturated heterocycles. The molecule has 1 aromatic carbocycles. The number of ether oxygens (including phenoxy) is 1. The third-order valence-electron chi connectivity index (χ3n) is 5.10. The van der Waals surface area contributed by atoms with Gasteiger partial charge in [-0.15, -0.1) is 11.3 Å². The fraction of sp³-hybridized carbons (Fsp3) is 0.286. The van der Waals surface area contributed by atoms with Gasteiger partial charge in [0.15, 0.2) is 5.11 Å². The molecule has 1 aliphatic rings. The standard InChI is InChI=1S/C21H17F3N2O4S2/c1-29-19(28)17-12-4-2-3-5-15(12)32-18(17)26-20(31)25-10-6-7-11-13(21(22,23)24)9-16(27)30-14(11)8-10/h6-9H,2-5H2,1H3,(H2,25,26,31). The minimum Gasteiger partial charge on any atom is -0.465 e. The fourth-order valence-electron chi connectivity index (χ4n) is 3.71. The van der Waals surface area contributed by atoms with Crippen molar-refractivity contribution < 1.29 is 27.1 Å². The first-order valence-electron chi connectivity index (χ1n) is 9.63. The van der Waals surface area contributed by atoms with Gasteiger partial charge in [0, 0.05) is 28.1 Å². The average molecular weight is 483 g/mol. The Hall–Kier alpha value is -2.92. The van der Waals surface area contributed by atoms with E-state index in [1.807, 2.05) is 0 Å². The van der Waals surface area contributed by atoms with Gasteiger partial charge in [-0.05, 0) is 55.6 Å². The summed E-state index contributed by atoms with van der Waals surface area (Å²) in [4.78, 5) is 25.0. The Bertz CT molecular complexity index is 1280. The van der Waals surface area contributed by atoms with Crippen molar-refractivity contribution in [2.45, 2.75) is 31.9 Å². The van der Waals surface area contributed by atoms with Crippen molar-refractivity contribution in [2.24, 2.45) is 0 Å². The number of rotatable bonds is 3. The number of hydrogen-bond acceptors (Lipinski definition) is 6. The molecule has 11 heteroatoms. The summed E-state index contributed by atoms with van der Waals surface area (Å²) in [6, 6.07) is 4.29. The average Bonchev–Trinajstić information content (AvgIpc) is 3.09. The molecule has 0 unspecified atom stereocenters. The van der Waals surface area contributed by atoms with Crippen LogP contribution in [0.25, 0.3) is 11.0 Å². The van der Waals surface area contributed by atoms with Crippen molar-refractivity contribution in [1.29, 1.82) is 0 Å². The number of carbonyl (C=O) groups excluding carboxylic acids is 1. The Morgan fingerprint density at radius 2 is 1.94 bits per heavy atom. The number of esters is 1. The van der Waals surface area contributed by atoms with Crippen LogP contribution in [0.5, 0.6) is 0 Å². The Labute approximate surface area is 189 Å². The molecular weight excluding hydrogens is 465 g/mol. The lowest BCUT2D eigenvalue weighted by atomic mass is 9.95. The van der Waals surface area contributed by atoms with Crippen LogP contribution < -0.4 is 16.3 Å². The predicted octanol–water partition coefficient (Wildman–Crippen LogP) is 5.35. The van der Waals surface area contributed by atoms with Gasteiger partial charge in [0.1, 0.15) is 10.6 Å². The van der Waals surface area contributed by atoms with Gasteiger partial charge in [-0.1, -0.05) is 0 Å². The SMILES string of the molecule is COC(=O)c1c(NC(=S)Nc2ccc3c(C(F)(F)F)cc(=O)oc3c2)sc2c1CCCC2. The van der Waals surface area contributed by atoms with Gasteiger partial charge in [0.25, 0.3) is 0 Å². The minimum absolute atomic E-state index is 0.127. The van der Waals surface area contributed by atoms with E-state index in [0.29, 0.717) is 22.3 Å². The van der Waals surface area contributed by atoms with E-state index in [2.05, 4.69) is 10.6 Å². The molecule has 0 aliphatic heterocycles. The number of anilines is 2. The highest BCUT2D eigenvalue weighted by molar-refractivity contribution is 7.80. The van der Waals surface area contributed by atoms with Gasteiger partial charge in [-0.2, -0.15) is 13.2 Å². The lowest BCUT2D eigenvalue weighted by Crippen LogP contribution is -2.20. The Kier molecular flexibility index (Phi) is 5.95. The maximum absolute atomic E-state index is 13.2. The maximum Gasteiger partial charge on any atom is 0.417 e. The van der Waals surface area contributed by atoms with Crippen LogP contribution in [-0.2, 0) is 23.8 Å². The van der Waals surface area contributed by atoms with Crippen molar-refractivity contribution in [2.75, 3.05) is 17.7 Å². The number of halogens is 3. The first kappa shape index (κ1) is 22.3. The number of thiocarbonyl (C=S) groups is 1. The normalized spacial score (nSPS) is 13.5. The van der Waals surface area contributed by atoms with Crippen LogP contribution in [0, 0.1) is 0 Å². The van der Waals surface area contributed by atoms with Crippen LogP contribution in [0.15, 0.2) is 33.5 Å². The zero-order valence-corrected chi connectivity index (χ0v) is 18.4. The monoisotopic (exact) mass is 482 g/mol. The molecule has 4 rings (SSSR count). The number of thiophene rings is 1. The summed E-state index contributed by atoms with van der Waals surface area (Å²) in [5.74, 6) is -0.457. The van der Waals surface area contributed by atoms with Crippen molar-refractivity contribution >= 4 is 56.3 Å². The third kappa shape index (κ3) is 4.35. The predicted molar refractivity (Wildman–Crippen MR) is 120 cm³/mol. The smallest absolute Gasteiger partial charge is 0.417 e. The Morgan fingerprint density at radius 1 is 1.19 bits per heavy atom. The van der Waals surface area contributed by atoms with Crippen LogP contribution >= 0.6 is 23.6 Å². The zero-order valence-electron chi connectivity index (χ0n) is 16.7. The first-order valence-corrected chi connectivity index (χ1v) is 10.9. The number of carbonyl (C=O) groups is 1. The number of fused-ring (bicyclic) bond motifs is 2. The molecule has 0 spiro atoms. The van der Waals surface area contributed by atoms with E-state index >= 15 is 0 Å². The Morgan fingerprint density at radius 3 is 2.66 bits per heavy atom. The highest BCUT2D eigenvalue weighted by atomic mass is 32.1. The second kappa shape index (κ2) is 8.55. The number of benzene rings is 1. The molecule has 0 saturated carbocycles. The quantitative estimate of drug-likeness (QED) is 0.296. The highest BCUT2D eigenvalue weighted by Gasteiger charge is 2.34. The fourth-order valence-corrected chi connectivity index (χ4v) is 5.28. The van der Waals surface area contributed by atoms with Crippen LogP contribution in [0.4, 0.5) is 23.9 Å². The van der Waals surface area contributed by atoms with Crippen LogP contribution in [0.2, 0.25) is 0 Å². The number of aryl methyl sites for hydroxylation is 1. The third-order valence-corrected chi connectivity index (χ3v) is 6.51. The van der Waals surface area contributed by atoms with E-state index in [0.717, 1.165) is 36.1 Å². The van der Waals surface area contributed by atoms with Crippen LogP contribution in [0.1, 0.15) is 39.2 Å². The number of hydrogen-bond donors (Lipinski definition) is 2. The van der Waals surface area contributed by atoms with Crippen LogP contribution in [0.3, 0.4) is 0 Å². The largest absolute Gasteiger partial charge is 0.465 e. The maximum atomic E-state index is 13.2. The molecule has 3 aromatic rings. The molecule has 2 N–H and O–H groups in total. The van der Waals surface area contributed by atoms with Crippen LogP contribution in [-0.4, -0.2) is 18.2 Å². The van der Waals surface area contributed by atoms with E-state index < -0.39 is 23.3 Å². The molecule has 168 valence electrons. The van der Waals surface area contributed by atoms with Crippen molar-refractivity contribution in [1.82, 2.24) is 0 Å². The first-order chi connectivity index (χ1) is 15.2. The minimum atomic E-state index is -4.69. The lowest BCUT2D eigenvalue weighted by molar-refractivity contribution is -0.136. The van der Waals surface area contributed by atoms with Gasteiger partial charge in [-0.25, -0.2) is 9.59 Å². The molecule has 0 bridgehead atoms. The summed E-state index contributed by atoms with van der Waals surface area (Å²) in [6.45, 7) is 0. The van der Waals surface area contributed by atoms with E-state index in [1.54, 1.807) is 0 Å². The highest BCUT2D eigenvalue weighted by Crippen LogP contribution is 2.39. The molecule has 2 heterocycles. The topological polar surface area (TPSA) is 80.6 Å². The lowest BCUT2D eigenvalue weighted by Gasteiger charge is -2.13. The van der Waals surface area contributed by atoms with E-state index in [1.165, 1.54) is 36.6 Å². The van der Waals surface area contributed by atoms with Gasteiger partial charge in [0.05, 0.1) is 18.2 Å². The van der Waals surface area contributed by atoms with E-state index in [-0.39, 0.29) is 16.1 Å². The molecule has 32 heavy (non-hydrogen) atoms. The number of alkyl halides is 3. The molecule has 0 radical (unpaired) electrons. The van der Waals surface area contributed by atoms with E-state index in [4.69, 9.17) is 21.4 Å². The summed E-state index contributed by atoms with van der Waals surface area (Å²) >= 11 is 6.76. The second-order valence-corrected chi connectivity index (χ2v) is 8.69. The van der Waals surface area contributed by atoms with Gasteiger partial charge >= 0.3 is 17.8 Å². The summed E-state index contributed by atoms with van der Waals surface area (Å²) in [6.07, 6.45) is -1.01. The second-order valence-electron chi connectivity index (χ2n) is 7.17. The Balaban J connectivity index is 1.61. The molecule has 0 fully saturated rings. The molecule has 6 nitrogen and oxygen atoms in total. The van der Waals surface area contributed by atoms with Gasteiger partial charge in [-0.3, -0.25) is 0 Å². The number of methoxy groups -OCH3 is 1.